The standard InChI is InChI=1S/C55H49Cl2N7O10/c1-32-38(30-73-52-18-50(71-28-36-10-34(20-58)9-35(11-36)21-59)40(14-48(52)56)24-62-26-44(65)16-54(67)68)5-3-7-46(32)47-8-4-6-39(33(47)2)31-74-53-19-51(72-29-37-12-42(22-60)64-43(13-37)23-61)41(15-49(53)57)25-63-27-45(66)17-55(69)70/h3-15,18-19,44-45,62-63,65-66H,16-17,24-31H2,1-2H3,(H,67,68)(H,69,70)/t44-,45-/m0/s1. The zero-order valence-electron chi connectivity index (χ0n) is 40.1. The van der Waals surface area contributed by atoms with E-state index < -0.39 is 37.0 Å². The van der Waals surface area contributed by atoms with Crippen LogP contribution < -0.4 is 29.6 Å². The quantitative estimate of drug-likeness (QED) is 0.0314. The van der Waals surface area contributed by atoms with Crippen molar-refractivity contribution in [3.05, 3.63) is 168 Å². The van der Waals surface area contributed by atoms with Gasteiger partial charge in [0.1, 0.15) is 73.0 Å². The number of nitrogens with one attached hydrogen (secondary N) is 2. The van der Waals surface area contributed by atoms with E-state index >= 15 is 0 Å². The molecule has 0 bridgehead atoms. The molecule has 6 rings (SSSR count). The van der Waals surface area contributed by atoms with Crippen molar-refractivity contribution < 1.29 is 49.0 Å². The lowest BCUT2D eigenvalue weighted by molar-refractivity contribution is -0.140. The highest BCUT2D eigenvalue weighted by Crippen LogP contribution is 2.37. The molecule has 0 aliphatic carbocycles. The number of nitriles is 4. The number of ether oxygens (including phenoxy) is 4. The number of benzene rings is 5. The number of hydrogen-bond acceptors (Lipinski definition) is 15. The van der Waals surface area contributed by atoms with Crippen LogP contribution in [0.15, 0.2) is 91.0 Å². The highest BCUT2D eigenvalue weighted by molar-refractivity contribution is 6.32. The summed E-state index contributed by atoms with van der Waals surface area (Å²) >= 11 is 13.6. The Morgan fingerprint density at radius 3 is 1.35 bits per heavy atom. The average molecular weight is 1040 g/mol. The van der Waals surface area contributed by atoms with E-state index in [0.717, 1.165) is 33.4 Å². The van der Waals surface area contributed by atoms with E-state index in [1.807, 2.05) is 62.4 Å². The molecular weight excluding hydrogens is 990 g/mol. The summed E-state index contributed by atoms with van der Waals surface area (Å²) in [5.74, 6) is -0.952. The third-order valence-electron chi connectivity index (χ3n) is 11.5. The summed E-state index contributed by atoms with van der Waals surface area (Å²) in [5.41, 5.74) is 8.44. The number of aliphatic hydroxyl groups is 2. The first kappa shape index (κ1) is 55.1. The van der Waals surface area contributed by atoms with Crippen LogP contribution in [0.2, 0.25) is 10.0 Å². The number of carboxylic acid groups (broad SMARTS) is 2. The van der Waals surface area contributed by atoms with E-state index in [1.165, 1.54) is 18.2 Å². The molecule has 5 aromatic carbocycles. The van der Waals surface area contributed by atoms with Gasteiger partial charge in [0.05, 0.1) is 58.4 Å². The summed E-state index contributed by atoms with van der Waals surface area (Å²) in [6.07, 6.45) is -3.14. The number of rotatable bonds is 25. The van der Waals surface area contributed by atoms with Gasteiger partial charge in [-0.1, -0.05) is 59.6 Å². The van der Waals surface area contributed by atoms with Gasteiger partial charge in [0.25, 0.3) is 0 Å². The van der Waals surface area contributed by atoms with E-state index in [0.29, 0.717) is 56.4 Å². The SMILES string of the molecule is Cc1c(COc2cc(OCc3cc(C#N)cc(C#N)c3)c(CNC[C@@H](O)CC(=O)O)cc2Cl)cccc1-c1cccc(COc2cc(OCc3cc(C#N)nc(C#N)c3)c(CNC[C@@H](O)CC(=O)O)cc2Cl)c1C. The molecule has 0 unspecified atom stereocenters. The summed E-state index contributed by atoms with van der Waals surface area (Å²) in [6, 6.07) is 34.0. The van der Waals surface area contributed by atoms with Gasteiger partial charge >= 0.3 is 11.9 Å². The Bertz CT molecular complexity index is 2940. The van der Waals surface area contributed by atoms with Gasteiger partial charge in [0.15, 0.2) is 0 Å². The van der Waals surface area contributed by atoms with Crippen LogP contribution in [-0.4, -0.2) is 62.6 Å². The topological polar surface area (TPSA) is 284 Å². The van der Waals surface area contributed by atoms with Crippen molar-refractivity contribution in [1.82, 2.24) is 15.6 Å². The normalized spacial score (nSPS) is 11.5. The maximum atomic E-state index is 11.1. The Morgan fingerprint density at radius 1 is 0.554 bits per heavy atom. The predicted octanol–water partition coefficient (Wildman–Crippen LogP) is 8.33. The number of hydrogen-bond donors (Lipinski definition) is 6. The van der Waals surface area contributed by atoms with Crippen LogP contribution >= 0.6 is 23.2 Å². The zero-order valence-corrected chi connectivity index (χ0v) is 41.6. The van der Waals surface area contributed by atoms with Gasteiger partial charge in [0.2, 0.25) is 0 Å². The lowest BCUT2D eigenvalue weighted by Gasteiger charge is -2.19. The highest BCUT2D eigenvalue weighted by Gasteiger charge is 2.19. The molecule has 0 fully saturated rings. The van der Waals surface area contributed by atoms with E-state index in [1.54, 1.807) is 36.4 Å². The molecule has 17 nitrogen and oxygen atoms in total. The Balaban J connectivity index is 1.20. The number of carbonyl (C=O) groups is 2. The van der Waals surface area contributed by atoms with Crippen LogP contribution in [0, 0.1) is 59.2 Å². The van der Waals surface area contributed by atoms with Crippen molar-refractivity contribution in [1.29, 1.82) is 21.0 Å². The Morgan fingerprint density at radius 2 is 0.959 bits per heavy atom. The average Bonchev–Trinajstić information content (AvgIpc) is 3.37. The molecule has 19 heteroatoms. The van der Waals surface area contributed by atoms with E-state index in [9.17, 15) is 40.8 Å². The molecule has 0 radical (unpaired) electrons. The van der Waals surface area contributed by atoms with Crippen LogP contribution in [0.5, 0.6) is 23.0 Å². The molecule has 0 aliphatic rings. The number of aromatic nitrogens is 1. The Kier molecular flexibility index (Phi) is 19.7. The second-order valence-corrected chi connectivity index (χ2v) is 17.8. The van der Waals surface area contributed by atoms with Gasteiger partial charge < -0.3 is 50.0 Å². The Hall–Kier alpha value is -8.23. The molecule has 0 aliphatic heterocycles. The number of aliphatic carboxylic acids is 2. The first-order valence-corrected chi connectivity index (χ1v) is 23.6. The molecule has 0 saturated heterocycles. The van der Waals surface area contributed by atoms with Crippen LogP contribution in [0.4, 0.5) is 0 Å². The second-order valence-electron chi connectivity index (χ2n) is 17.0. The van der Waals surface area contributed by atoms with Crippen LogP contribution in [0.1, 0.15) is 79.9 Å². The van der Waals surface area contributed by atoms with Gasteiger partial charge in [-0.05, 0) is 101 Å². The van der Waals surface area contributed by atoms with Crippen molar-refractivity contribution in [2.75, 3.05) is 13.1 Å². The van der Waals surface area contributed by atoms with Crippen LogP contribution in [0.3, 0.4) is 0 Å². The molecule has 0 spiro atoms. The Labute approximate surface area is 436 Å². The summed E-state index contributed by atoms with van der Waals surface area (Å²) in [7, 11) is 0. The molecule has 2 atom stereocenters. The summed E-state index contributed by atoms with van der Waals surface area (Å²) in [6.45, 7) is 4.42. The summed E-state index contributed by atoms with van der Waals surface area (Å²) in [4.78, 5) is 26.1. The maximum absolute atomic E-state index is 11.1. The van der Waals surface area contributed by atoms with Crippen LogP contribution in [0.25, 0.3) is 11.1 Å². The van der Waals surface area contributed by atoms with E-state index in [-0.39, 0.29) is 74.0 Å². The third kappa shape index (κ3) is 15.4. The molecule has 0 amide bonds. The minimum atomic E-state index is -1.14. The number of halogens is 2. The first-order chi connectivity index (χ1) is 35.6. The van der Waals surface area contributed by atoms with E-state index in [2.05, 4.69) is 27.8 Å². The van der Waals surface area contributed by atoms with Gasteiger partial charge in [-0.25, -0.2) is 4.98 Å². The lowest BCUT2D eigenvalue weighted by Crippen LogP contribution is -2.28. The monoisotopic (exact) mass is 1040 g/mol. The van der Waals surface area contributed by atoms with Gasteiger partial charge in [0, 0.05) is 49.4 Å². The number of aliphatic hydroxyl groups excluding tert-OH is 2. The smallest absolute Gasteiger partial charge is 0.306 e. The van der Waals surface area contributed by atoms with Crippen molar-refractivity contribution in [2.45, 2.75) is 78.4 Å². The molecular formula is C55H49Cl2N7O10. The van der Waals surface area contributed by atoms with Crippen molar-refractivity contribution in [3.8, 4) is 58.4 Å². The highest BCUT2D eigenvalue weighted by atomic mass is 35.5. The van der Waals surface area contributed by atoms with Gasteiger partial charge in [-0.15, -0.1) is 0 Å². The first-order valence-electron chi connectivity index (χ1n) is 22.9. The second kappa shape index (κ2) is 26.5. The fraction of sp³-hybridized carbons (Fsp3) is 0.255. The van der Waals surface area contributed by atoms with Gasteiger partial charge in [-0.2, -0.15) is 21.0 Å². The molecule has 6 aromatic rings. The third-order valence-corrected chi connectivity index (χ3v) is 12.1. The lowest BCUT2D eigenvalue weighted by atomic mass is 9.92. The summed E-state index contributed by atoms with van der Waals surface area (Å²) in [5, 5.41) is 82.9. The van der Waals surface area contributed by atoms with E-state index in [4.69, 9.17) is 52.4 Å². The molecule has 378 valence electrons. The fourth-order valence-electron chi connectivity index (χ4n) is 7.80. The number of pyridine rings is 1. The van der Waals surface area contributed by atoms with Crippen molar-refractivity contribution in [2.24, 2.45) is 0 Å². The maximum Gasteiger partial charge on any atom is 0.306 e. The summed E-state index contributed by atoms with van der Waals surface area (Å²) < 4.78 is 25.1. The minimum absolute atomic E-state index is 0.00741. The number of nitrogens with zero attached hydrogens (tertiary/aromatic N) is 5. The molecule has 1 aromatic heterocycles. The molecule has 74 heavy (non-hydrogen) atoms. The molecule has 6 N–H and O–H groups in total. The van der Waals surface area contributed by atoms with Crippen molar-refractivity contribution in [3.63, 3.8) is 0 Å². The van der Waals surface area contributed by atoms with Gasteiger partial charge in [-0.3, -0.25) is 9.59 Å². The van der Waals surface area contributed by atoms with Crippen LogP contribution in [-0.2, 0) is 49.1 Å². The zero-order chi connectivity index (χ0) is 53.3. The number of carboxylic acids is 2. The molecule has 0 saturated carbocycles. The fourth-order valence-corrected chi connectivity index (χ4v) is 8.28. The largest absolute Gasteiger partial charge is 0.488 e. The predicted molar refractivity (Wildman–Crippen MR) is 271 cm³/mol. The minimum Gasteiger partial charge on any atom is -0.488 e. The molecule has 1 heterocycles. The van der Waals surface area contributed by atoms with Crippen molar-refractivity contribution >= 4 is 35.1 Å².